The molecular weight excluding hydrogens is 434 g/mol. The number of thiocarbonyl (C=S) groups is 1. The van der Waals surface area contributed by atoms with Crippen molar-refractivity contribution in [2.75, 3.05) is 17.2 Å². The van der Waals surface area contributed by atoms with Gasteiger partial charge in [0, 0.05) is 11.3 Å². The molecule has 0 aliphatic rings. The van der Waals surface area contributed by atoms with E-state index in [4.69, 9.17) is 17.0 Å². The second kappa shape index (κ2) is 11.8. The lowest BCUT2D eigenvalue weighted by Gasteiger charge is -2.14. The van der Waals surface area contributed by atoms with Crippen LogP contribution in [0.5, 0.6) is 5.75 Å². The number of amides is 2. The largest absolute Gasteiger partial charge is 0.494 e. The molecular formula is C26H27N3O3S. The summed E-state index contributed by atoms with van der Waals surface area (Å²) in [6, 6.07) is 23.1. The molecule has 0 saturated carbocycles. The Balaban J connectivity index is 1.62. The molecule has 0 aromatic heterocycles. The van der Waals surface area contributed by atoms with Gasteiger partial charge in [-0.05, 0) is 67.0 Å². The topological polar surface area (TPSA) is 79.5 Å². The molecule has 0 unspecified atom stereocenters. The van der Waals surface area contributed by atoms with Crippen molar-refractivity contribution in [2.45, 2.75) is 20.3 Å². The van der Waals surface area contributed by atoms with Crippen LogP contribution in [0.2, 0.25) is 0 Å². The van der Waals surface area contributed by atoms with Crippen LogP contribution in [0.15, 0.2) is 78.9 Å². The van der Waals surface area contributed by atoms with Crippen LogP contribution in [0.1, 0.15) is 41.0 Å². The van der Waals surface area contributed by atoms with E-state index in [0.717, 1.165) is 6.42 Å². The van der Waals surface area contributed by atoms with Crippen LogP contribution < -0.4 is 20.7 Å². The molecule has 0 aliphatic heterocycles. The van der Waals surface area contributed by atoms with Gasteiger partial charge in [-0.1, -0.05) is 50.2 Å². The fourth-order valence-electron chi connectivity index (χ4n) is 2.98. The van der Waals surface area contributed by atoms with Crippen LogP contribution in [0.25, 0.3) is 0 Å². The van der Waals surface area contributed by atoms with Gasteiger partial charge in [0.2, 0.25) is 0 Å². The zero-order valence-corrected chi connectivity index (χ0v) is 19.4. The molecule has 6 nitrogen and oxygen atoms in total. The van der Waals surface area contributed by atoms with Gasteiger partial charge in [0.25, 0.3) is 11.8 Å². The third kappa shape index (κ3) is 7.43. The molecule has 3 rings (SSSR count). The van der Waals surface area contributed by atoms with E-state index in [1.165, 1.54) is 0 Å². The fourth-order valence-corrected chi connectivity index (χ4v) is 3.18. The minimum absolute atomic E-state index is 0.0890. The number of benzene rings is 3. The smallest absolute Gasteiger partial charge is 0.257 e. The monoisotopic (exact) mass is 461 g/mol. The molecule has 0 bridgehead atoms. The Bertz CT molecular complexity index is 1120. The van der Waals surface area contributed by atoms with Gasteiger partial charge < -0.3 is 15.4 Å². The number of hydrogen-bond acceptors (Lipinski definition) is 4. The second-order valence-corrected chi connectivity index (χ2v) is 8.24. The molecule has 170 valence electrons. The maximum Gasteiger partial charge on any atom is 0.257 e. The first-order valence-electron chi connectivity index (χ1n) is 10.7. The molecule has 3 N–H and O–H groups in total. The number of nitrogens with one attached hydrogen (secondary N) is 3. The van der Waals surface area contributed by atoms with E-state index in [2.05, 4.69) is 29.8 Å². The van der Waals surface area contributed by atoms with Gasteiger partial charge in [-0.3, -0.25) is 14.9 Å². The molecule has 2 amide bonds. The van der Waals surface area contributed by atoms with E-state index >= 15 is 0 Å². The number of hydrogen-bond donors (Lipinski definition) is 3. The zero-order chi connectivity index (χ0) is 23.6. The van der Waals surface area contributed by atoms with E-state index in [1.54, 1.807) is 54.6 Å². The molecule has 0 radical (unpaired) electrons. The summed E-state index contributed by atoms with van der Waals surface area (Å²) >= 11 is 5.31. The number of anilines is 2. The molecule has 3 aromatic carbocycles. The normalized spacial score (nSPS) is 10.4. The van der Waals surface area contributed by atoms with E-state index in [-0.39, 0.29) is 16.9 Å². The van der Waals surface area contributed by atoms with Gasteiger partial charge in [-0.15, -0.1) is 0 Å². The molecule has 0 fully saturated rings. The molecule has 0 aliphatic carbocycles. The lowest BCUT2D eigenvalue weighted by Crippen LogP contribution is -2.34. The number of rotatable bonds is 8. The summed E-state index contributed by atoms with van der Waals surface area (Å²) < 4.78 is 5.73. The Kier molecular flexibility index (Phi) is 8.55. The summed E-state index contributed by atoms with van der Waals surface area (Å²) in [5.41, 5.74) is 2.00. The predicted octanol–water partition coefficient (Wildman–Crippen LogP) is 5.49. The maximum absolute atomic E-state index is 12.7. The summed E-state index contributed by atoms with van der Waals surface area (Å²) in [7, 11) is 0. The summed E-state index contributed by atoms with van der Waals surface area (Å²) in [4.78, 5) is 25.4. The first kappa shape index (κ1) is 23.9. The van der Waals surface area contributed by atoms with E-state index in [0.29, 0.717) is 40.8 Å². The van der Waals surface area contributed by atoms with Crippen molar-refractivity contribution < 1.29 is 14.3 Å². The Morgan fingerprint density at radius 2 is 1.61 bits per heavy atom. The number of ether oxygens (including phenoxy) is 1. The predicted molar refractivity (Wildman–Crippen MR) is 136 cm³/mol. The average Bonchev–Trinajstić information content (AvgIpc) is 2.80. The van der Waals surface area contributed by atoms with Gasteiger partial charge in [0.1, 0.15) is 5.75 Å². The SMILES string of the molecule is CC(C)CCOc1cccc(C(=O)NC(=S)Nc2ccccc2C(=O)Nc2ccccc2)c1. The van der Waals surface area contributed by atoms with Crippen molar-refractivity contribution in [3.05, 3.63) is 90.0 Å². The van der Waals surface area contributed by atoms with E-state index in [1.807, 2.05) is 24.3 Å². The molecule has 7 heteroatoms. The van der Waals surface area contributed by atoms with Gasteiger partial charge in [0.05, 0.1) is 17.9 Å². The highest BCUT2D eigenvalue weighted by molar-refractivity contribution is 7.80. The zero-order valence-electron chi connectivity index (χ0n) is 18.6. The molecule has 0 atom stereocenters. The van der Waals surface area contributed by atoms with Crippen LogP contribution in [-0.2, 0) is 0 Å². The van der Waals surface area contributed by atoms with Gasteiger partial charge in [0.15, 0.2) is 5.11 Å². The van der Waals surface area contributed by atoms with Crippen molar-refractivity contribution in [3.8, 4) is 5.75 Å². The van der Waals surface area contributed by atoms with Gasteiger partial charge in [-0.2, -0.15) is 0 Å². The average molecular weight is 462 g/mol. The van der Waals surface area contributed by atoms with Crippen molar-refractivity contribution in [1.82, 2.24) is 5.32 Å². The van der Waals surface area contributed by atoms with Crippen LogP contribution in [-0.4, -0.2) is 23.5 Å². The number of para-hydroxylation sites is 2. The van der Waals surface area contributed by atoms with Crippen molar-refractivity contribution in [1.29, 1.82) is 0 Å². The highest BCUT2D eigenvalue weighted by Gasteiger charge is 2.14. The molecule has 3 aromatic rings. The first-order valence-corrected chi connectivity index (χ1v) is 11.1. The number of carbonyl (C=O) groups is 2. The Labute approximate surface area is 199 Å². The highest BCUT2D eigenvalue weighted by Crippen LogP contribution is 2.18. The van der Waals surface area contributed by atoms with Crippen LogP contribution in [0.4, 0.5) is 11.4 Å². The van der Waals surface area contributed by atoms with Crippen LogP contribution >= 0.6 is 12.2 Å². The second-order valence-electron chi connectivity index (χ2n) is 7.83. The Hall–Kier alpha value is -3.71. The third-order valence-corrected chi connectivity index (χ3v) is 4.94. The summed E-state index contributed by atoms with van der Waals surface area (Å²) in [6.07, 6.45) is 0.932. The molecule has 0 heterocycles. The highest BCUT2D eigenvalue weighted by atomic mass is 32.1. The lowest BCUT2D eigenvalue weighted by atomic mass is 10.1. The molecule has 0 spiro atoms. The Morgan fingerprint density at radius 3 is 2.36 bits per heavy atom. The summed E-state index contributed by atoms with van der Waals surface area (Å²) in [6.45, 7) is 4.85. The number of carbonyl (C=O) groups excluding carboxylic acids is 2. The van der Waals surface area contributed by atoms with Crippen molar-refractivity contribution in [3.63, 3.8) is 0 Å². The van der Waals surface area contributed by atoms with Crippen LogP contribution in [0, 0.1) is 5.92 Å². The third-order valence-electron chi connectivity index (χ3n) is 4.74. The van der Waals surface area contributed by atoms with E-state index in [9.17, 15) is 9.59 Å². The van der Waals surface area contributed by atoms with Crippen molar-refractivity contribution >= 4 is 40.5 Å². The first-order chi connectivity index (χ1) is 15.9. The van der Waals surface area contributed by atoms with Crippen LogP contribution in [0.3, 0.4) is 0 Å². The summed E-state index contributed by atoms with van der Waals surface area (Å²) in [5, 5.41) is 8.54. The fraction of sp³-hybridized carbons (Fsp3) is 0.192. The summed E-state index contributed by atoms with van der Waals surface area (Å²) in [5.74, 6) is 0.514. The van der Waals surface area contributed by atoms with Crippen molar-refractivity contribution in [2.24, 2.45) is 5.92 Å². The maximum atomic E-state index is 12.7. The minimum atomic E-state index is -0.368. The molecule has 33 heavy (non-hydrogen) atoms. The Morgan fingerprint density at radius 1 is 0.879 bits per heavy atom. The minimum Gasteiger partial charge on any atom is -0.494 e. The molecule has 0 saturated heterocycles. The quantitative estimate of drug-likeness (QED) is 0.387. The lowest BCUT2D eigenvalue weighted by molar-refractivity contribution is 0.0976. The van der Waals surface area contributed by atoms with Gasteiger partial charge >= 0.3 is 0 Å². The van der Waals surface area contributed by atoms with Gasteiger partial charge in [-0.25, -0.2) is 0 Å². The van der Waals surface area contributed by atoms with E-state index < -0.39 is 0 Å². The standard InChI is InChI=1S/C26H27N3O3S/c1-18(2)15-16-32-21-12-8-9-19(17-21)24(30)29-26(33)28-23-14-7-6-13-22(23)25(31)27-20-10-4-3-5-11-20/h3-14,17-18H,15-16H2,1-2H3,(H,27,31)(H2,28,29,30,33).